The number of hydrogen-bond acceptors (Lipinski definition) is 6. The van der Waals surface area contributed by atoms with Gasteiger partial charge in [-0.05, 0) is 30.3 Å². The predicted molar refractivity (Wildman–Crippen MR) is 102 cm³/mol. The molecule has 0 unspecified atom stereocenters. The number of carbonyl (C=O) groups excluding carboxylic acids is 2. The number of methoxy groups -OCH3 is 4. The Morgan fingerprint density at radius 2 is 1.33 bits per heavy atom. The Labute approximate surface area is 164 Å². The number of nitrogens with one attached hydrogen (secondary N) is 2. The lowest BCUT2D eigenvalue weighted by Gasteiger charge is -2.14. The molecule has 0 aliphatic rings. The lowest BCUT2D eigenvalue weighted by atomic mass is 10.1. The SMILES string of the molecule is COc1ccc(Br)cc1C(=O)NNC(=O)c1cc(OC)c(OC)c(OC)c1. The average molecular weight is 439 g/mol. The van der Waals surface area contributed by atoms with Crippen molar-refractivity contribution in [1.29, 1.82) is 0 Å². The third-order valence-corrected chi connectivity index (χ3v) is 4.12. The lowest BCUT2D eigenvalue weighted by molar-refractivity contribution is 0.0844. The van der Waals surface area contributed by atoms with Crippen LogP contribution in [0.4, 0.5) is 0 Å². The van der Waals surface area contributed by atoms with Gasteiger partial charge in [0.15, 0.2) is 11.5 Å². The van der Waals surface area contributed by atoms with Crippen LogP contribution in [0.15, 0.2) is 34.8 Å². The standard InChI is InChI=1S/C18H19BrN2O6/c1-24-13-6-5-11(19)9-12(13)18(23)21-20-17(22)10-7-14(25-2)16(27-4)15(8-10)26-3/h5-9H,1-4H3,(H,20,22)(H,21,23). The Morgan fingerprint density at radius 3 is 1.85 bits per heavy atom. The number of ether oxygens (including phenoxy) is 4. The first-order valence-electron chi connectivity index (χ1n) is 7.69. The molecule has 0 aliphatic carbocycles. The van der Waals surface area contributed by atoms with E-state index in [-0.39, 0.29) is 11.1 Å². The van der Waals surface area contributed by atoms with Gasteiger partial charge in [-0.1, -0.05) is 15.9 Å². The molecule has 27 heavy (non-hydrogen) atoms. The van der Waals surface area contributed by atoms with Gasteiger partial charge in [0.1, 0.15) is 5.75 Å². The minimum atomic E-state index is -0.559. The van der Waals surface area contributed by atoms with Crippen molar-refractivity contribution in [3.8, 4) is 23.0 Å². The molecular formula is C18H19BrN2O6. The molecule has 0 radical (unpaired) electrons. The maximum absolute atomic E-state index is 12.4. The van der Waals surface area contributed by atoms with E-state index in [1.165, 1.54) is 40.6 Å². The van der Waals surface area contributed by atoms with Gasteiger partial charge in [0.2, 0.25) is 5.75 Å². The van der Waals surface area contributed by atoms with Gasteiger partial charge in [-0.25, -0.2) is 0 Å². The lowest BCUT2D eigenvalue weighted by Crippen LogP contribution is -2.41. The Morgan fingerprint density at radius 1 is 0.778 bits per heavy atom. The zero-order valence-electron chi connectivity index (χ0n) is 15.2. The summed E-state index contributed by atoms with van der Waals surface area (Å²) in [5, 5.41) is 0. The zero-order valence-corrected chi connectivity index (χ0v) is 16.8. The summed E-state index contributed by atoms with van der Waals surface area (Å²) in [6, 6.07) is 7.91. The van der Waals surface area contributed by atoms with Crippen molar-refractivity contribution < 1.29 is 28.5 Å². The number of carbonyl (C=O) groups is 2. The Hall–Kier alpha value is -2.94. The second kappa shape index (κ2) is 9.13. The van der Waals surface area contributed by atoms with Gasteiger partial charge in [-0.2, -0.15) is 0 Å². The van der Waals surface area contributed by atoms with Gasteiger partial charge in [-0.15, -0.1) is 0 Å². The van der Waals surface area contributed by atoms with Crippen LogP contribution in [0.5, 0.6) is 23.0 Å². The Bertz CT molecular complexity index is 831. The molecule has 2 aromatic carbocycles. The number of benzene rings is 2. The van der Waals surface area contributed by atoms with Crippen molar-refractivity contribution in [2.75, 3.05) is 28.4 Å². The van der Waals surface area contributed by atoms with Gasteiger partial charge in [-0.3, -0.25) is 20.4 Å². The van der Waals surface area contributed by atoms with Crippen molar-refractivity contribution in [2.24, 2.45) is 0 Å². The fraction of sp³-hybridized carbons (Fsp3) is 0.222. The van der Waals surface area contributed by atoms with E-state index in [0.717, 1.165) is 0 Å². The molecule has 0 bridgehead atoms. The smallest absolute Gasteiger partial charge is 0.273 e. The minimum absolute atomic E-state index is 0.214. The van der Waals surface area contributed by atoms with Gasteiger partial charge in [0.05, 0.1) is 34.0 Å². The summed E-state index contributed by atoms with van der Waals surface area (Å²) in [6.45, 7) is 0. The number of hydrazine groups is 1. The van der Waals surface area contributed by atoms with Crippen molar-refractivity contribution in [1.82, 2.24) is 10.9 Å². The van der Waals surface area contributed by atoms with Crippen LogP contribution in [-0.4, -0.2) is 40.3 Å². The van der Waals surface area contributed by atoms with Crippen LogP contribution >= 0.6 is 15.9 Å². The molecule has 2 aromatic rings. The molecule has 2 amide bonds. The maximum Gasteiger partial charge on any atom is 0.273 e. The molecule has 0 saturated carbocycles. The molecule has 8 nitrogen and oxygen atoms in total. The van der Waals surface area contributed by atoms with Crippen LogP contribution in [-0.2, 0) is 0 Å². The summed E-state index contributed by atoms with van der Waals surface area (Å²) in [5.41, 5.74) is 5.17. The highest BCUT2D eigenvalue weighted by Crippen LogP contribution is 2.38. The molecular weight excluding hydrogens is 420 g/mol. The van der Waals surface area contributed by atoms with E-state index < -0.39 is 11.8 Å². The van der Waals surface area contributed by atoms with Gasteiger partial charge in [0.25, 0.3) is 11.8 Å². The highest BCUT2D eigenvalue weighted by molar-refractivity contribution is 9.10. The van der Waals surface area contributed by atoms with E-state index in [0.29, 0.717) is 27.5 Å². The van der Waals surface area contributed by atoms with Crippen LogP contribution in [0.1, 0.15) is 20.7 Å². The molecule has 0 atom stereocenters. The van der Waals surface area contributed by atoms with E-state index in [1.54, 1.807) is 18.2 Å². The first kappa shape index (κ1) is 20.4. The van der Waals surface area contributed by atoms with Crippen molar-refractivity contribution in [3.05, 3.63) is 45.9 Å². The molecule has 2 N–H and O–H groups in total. The van der Waals surface area contributed by atoms with E-state index in [4.69, 9.17) is 18.9 Å². The highest BCUT2D eigenvalue weighted by atomic mass is 79.9. The summed E-state index contributed by atoms with van der Waals surface area (Å²) in [4.78, 5) is 24.8. The third kappa shape index (κ3) is 4.62. The van der Waals surface area contributed by atoms with Crippen LogP contribution < -0.4 is 29.8 Å². The monoisotopic (exact) mass is 438 g/mol. The highest BCUT2D eigenvalue weighted by Gasteiger charge is 2.18. The quantitative estimate of drug-likeness (QED) is 0.672. The maximum atomic E-state index is 12.4. The number of hydrogen-bond donors (Lipinski definition) is 2. The number of amides is 2. The molecule has 2 rings (SSSR count). The Kier molecular flexibility index (Phi) is 6.89. The molecule has 0 spiro atoms. The molecule has 0 heterocycles. The largest absolute Gasteiger partial charge is 0.496 e. The molecule has 9 heteroatoms. The van der Waals surface area contributed by atoms with Crippen LogP contribution in [0.2, 0.25) is 0 Å². The van der Waals surface area contributed by atoms with E-state index in [2.05, 4.69) is 26.8 Å². The number of rotatable bonds is 6. The van der Waals surface area contributed by atoms with Crippen molar-refractivity contribution >= 4 is 27.7 Å². The van der Waals surface area contributed by atoms with Crippen LogP contribution in [0.25, 0.3) is 0 Å². The topological polar surface area (TPSA) is 95.1 Å². The van der Waals surface area contributed by atoms with Crippen LogP contribution in [0.3, 0.4) is 0 Å². The first-order valence-corrected chi connectivity index (χ1v) is 8.48. The molecule has 144 valence electrons. The molecule has 0 saturated heterocycles. The minimum Gasteiger partial charge on any atom is -0.496 e. The fourth-order valence-corrected chi connectivity index (χ4v) is 2.68. The van der Waals surface area contributed by atoms with Crippen molar-refractivity contribution in [3.63, 3.8) is 0 Å². The second-order valence-electron chi connectivity index (χ2n) is 5.17. The summed E-state index contributed by atoms with van der Waals surface area (Å²) in [6.07, 6.45) is 0. The van der Waals surface area contributed by atoms with Crippen LogP contribution in [0, 0.1) is 0 Å². The normalized spacial score (nSPS) is 9.96. The average Bonchev–Trinajstić information content (AvgIpc) is 2.70. The van der Waals surface area contributed by atoms with E-state index in [1.807, 2.05) is 0 Å². The third-order valence-electron chi connectivity index (χ3n) is 3.62. The van der Waals surface area contributed by atoms with Gasteiger partial charge < -0.3 is 18.9 Å². The van der Waals surface area contributed by atoms with E-state index >= 15 is 0 Å². The summed E-state index contributed by atoms with van der Waals surface area (Å²) in [5.74, 6) is 0.284. The number of halogens is 1. The summed E-state index contributed by atoms with van der Waals surface area (Å²) in [7, 11) is 5.81. The van der Waals surface area contributed by atoms with Crippen molar-refractivity contribution in [2.45, 2.75) is 0 Å². The summed E-state index contributed by atoms with van der Waals surface area (Å²) < 4.78 is 21.5. The molecule has 0 aromatic heterocycles. The summed E-state index contributed by atoms with van der Waals surface area (Å²) >= 11 is 3.29. The Balaban J connectivity index is 2.18. The molecule has 0 aliphatic heterocycles. The molecule has 0 fully saturated rings. The zero-order chi connectivity index (χ0) is 20.0. The predicted octanol–water partition coefficient (Wildman–Crippen LogP) is 2.56. The van der Waals surface area contributed by atoms with Gasteiger partial charge in [0, 0.05) is 10.0 Å². The van der Waals surface area contributed by atoms with E-state index in [9.17, 15) is 9.59 Å². The van der Waals surface area contributed by atoms with Gasteiger partial charge >= 0.3 is 0 Å². The second-order valence-corrected chi connectivity index (χ2v) is 6.08. The first-order chi connectivity index (χ1) is 12.9. The fourth-order valence-electron chi connectivity index (χ4n) is 2.32.